The minimum atomic E-state index is -4.99. The van der Waals surface area contributed by atoms with Gasteiger partial charge in [-0.05, 0) is 197 Å². The Labute approximate surface area is 441 Å². The first-order valence-electron chi connectivity index (χ1n) is 25.7. The first-order valence-corrected chi connectivity index (χ1v) is 25.7. The minimum absolute atomic E-state index is 0.000741. The Morgan fingerprint density at radius 3 is 1.22 bits per heavy atom. The maximum atomic E-state index is 13.3. The van der Waals surface area contributed by atoms with E-state index in [9.17, 15) is 71.1 Å². The highest BCUT2D eigenvalue weighted by Crippen LogP contribution is 2.46. The molecule has 0 radical (unpaired) electrons. The van der Waals surface area contributed by atoms with E-state index in [-0.39, 0.29) is 65.3 Å². The second-order valence-electron chi connectivity index (χ2n) is 21.0. The Hall–Kier alpha value is -5.93. The molecule has 0 spiro atoms. The zero-order valence-electron chi connectivity index (χ0n) is 42.5. The van der Waals surface area contributed by atoms with E-state index in [2.05, 4.69) is 30.5 Å². The summed E-state index contributed by atoms with van der Waals surface area (Å²) in [5.74, 6) is -0.842. The SMILES string of the molecule is CCC1(C(=O)NCc2cc(C(F)(F)F)cc(C(F)(F)F)c2)CCC(N2CCC(c3ccc(F)cc3)CC2)C1.[N-]=[N+]=NCC1(C(=O)NCc2cc(C(F)(F)F)cc(C(F)(F)F)c2)CCC(N2CCC(c3ccc(F)cc3)CC2)C1. The molecule has 2 saturated heterocycles. The van der Waals surface area contributed by atoms with Crippen LogP contribution in [0.5, 0.6) is 0 Å². The van der Waals surface area contributed by atoms with Gasteiger partial charge in [-0.25, -0.2) is 8.78 Å². The number of piperidine rings is 2. The third-order valence-electron chi connectivity index (χ3n) is 16.2. The molecule has 0 aromatic heterocycles. The molecule has 4 atom stereocenters. The highest BCUT2D eigenvalue weighted by Gasteiger charge is 2.48. The molecule has 424 valence electrons. The summed E-state index contributed by atoms with van der Waals surface area (Å²) in [6, 6.07) is 15.8. The zero-order chi connectivity index (χ0) is 56.8. The molecule has 2 saturated carbocycles. The van der Waals surface area contributed by atoms with Crippen molar-refractivity contribution < 1.29 is 71.1 Å². The molecule has 4 aromatic rings. The van der Waals surface area contributed by atoms with Crippen LogP contribution in [-0.4, -0.2) is 66.4 Å². The van der Waals surface area contributed by atoms with Gasteiger partial charge in [-0.1, -0.05) is 36.3 Å². The molecule has 8 rings (SSSR count). The molecule has 2 N–H and O–H groups in total. The summed E-state index contributed by atoms with van der Waals surface area (Å²) in [5, 5.41) is 8.73. The number of rotatable bonds is 13. The van der Waals surface area contributed by atoms with Crippen molar-refractivity contribution in [2.45, 2.75) is 139 Å². The van der Waals surface area contributed by atoms with Gasteiger partial charge in [0.1, 0.15) is 11.6 Å². The van der Waals surface area contributed by atoms with Crippen LogP contribution in [0.15, 0.2) is 90.0 Å². The molecule has 23 heteroatoms. The number of hydrogen-bond acceptors (Lipinski definition) is 5. The van der Waals surface area contributed by atoms with E-state index in [0.29, 0.717) is 68.7 Å². The van der Waals surface area contributed by atoms with Gasteiger partial charge in [0.05, 0.1) is 33.1 Å². The van der Waals surface area contributed by atoms with E-state index in [1.54, 1.807) is 12.1 Å². The van der Waals surface area contributed by atoms with Gasteiger partial charge in [-0.3, -0.25) is 9.59 Å². The Kier molecular flexibility index (Phi) is 18.5. The maximum absolute atomic E-state index is 13.3. The quantitative estimate of drug-likeness (QED) is 0.0601. The van der Waals surface area contributed by atoms with E-state index >= 15 is 0 Å². The van der Waals surface area contributed by atoms with Gasteiger partial charge in [-0.15, -0.1) is 0 Å². The number of nitrogens with zero attached hydrogens (tertiary/aromatic N) is 5. The standard InChI is InChI=1S/C28H31F7N2O.C27H28F7N5O/c1-2-26(25(38)36-17-18-13-21(27(30,31)32)15-22(14-18)28(33,34)35)10-7-24(16-26)37-11-8-20(9-12-37)19-3-5-23(29)6-4-19;28-22-3-1-18(2-4-22)19-6-9-39(10-7-19)23-5-8-25(14-23,16-37-38-35)24(40)36-15-17-11-20(26(29,30)31)13-21(12-17)27(32,33)34/h3-6,13-15,20,24H,2,7-12,16-17H2,1H3,(H,36,38);1-4,11-13,19,23H,5-10,14-16H2,(H,36,40). The first-order chi connectivity index (χ1) is 36.6. The Morgan fingerprint density at radius 2 is 0.885 bits per heavy atom. The van der Waals surface area contributed by atoms with Crippen LogP contribution in [-0.2, 0) is 47.4 Å². The lowest BCUT2D eigenvalue weighted by atomic mass is 9.81. The Balaban J connectivity index is 0.000000226. The molecule has 2 aliphatic heterocycles. The van der Waals surface area contributed by atoms with Gasteiger partial charge in [0.25, 0.3) is 0 Å². The van der Waals surface area contributed by atoms with Crippen LogP contribution in [0.1, 0.15) is 134 Å². The van der Waals surface area contributed by atoms with Gasteiger partial charge < -0.3 is 20.4 Å². The monoisotopic (exact) mass is 1120 g/mol. The number of carbonyl (C=O) groups excluding carboxylic acids is 2. The van der Waals surface area contributed by atoms with Crippen molar-refractivity contribution in [3.63, 3.8) is 0 Å². The summed E-state index contributed by atoms with van der Waals surface area (Å²) in [7, 11) is 0. The fourth-order valence-corrected chi connectivity index (χ4v) is 11.7. The number of benzene rings is 4. The fourth-order valence-electron chi connectivity index (χ4n) is 11.7. The molecule has 4 unspecified atom stereocenters. The summed E-state index contributed by atoms with van der Waals surface area (Å²) >= 11 is 0. The van der Waals surface area contributed by atoms with Crippen molar-refractivity contribution in [1.82, 2.24) is 20.4 Å². The summed E-state index contributed by atoms with van der Waals surface area (Å²) in [6.45, 7) is 3.94. The second kappa shape index (κ2) is 24.2. The van der Waals surface area contributed by atoms with Crippen LogP contribution in [0.2, 0.25) is 0 Å². The maximum Gasteiger partial charge on any atom is 0.416 e. The number of amides is 2. The number of carbonyl (C=O) groups is 2. The van der Waals surface area contributed by atoms with Crippen molar-refractivity contribution in [3.8, 4) is 0 Å². The van der Waals surface area contributed by atoms with Crippen molar-refractivity contribution in [3.05, 3.63) is 152 Å². The normalized spacial score (nSPS) is 23.1. The van der Waals surface area contributed by atoms with Gasteiger partial charge in [-0.2, -0.15) is 52.7 Å². The lowest BCUT2D eigenvalue weighted by Gasteiger charge is -2.37. The van der Waals surface area contributed by atoms with Crippen LogP contribution in [0.4, 0.5) is 61.5 Å². The smallest absolute Gasteiger partial charge is 0.352 e. The largest absolute Gasteiger partial charge is 0.416 e. The van der Waals surface area contributed by atoms with Crippen molar-refractivity contribution in [1.29, 1.82) is 0 Å². The fraction of sp³-hybridized carbons (Fsp3) is 0.527. The molecule has 9 nitrogen and oxygen atoms in total. The topological polar surface area (TPSA) is 113 Å². The van der Waals surface area contributed by atoms with Crippen LogP contribution in [0.25, 0.3) is 10.4 Å². The van der Waals surface area contributed by atoms with E-state index in [4.69, 9.17) is 5.53 Å². The summed E-state index contributed by atoms with van der Waals surface area (Å²) in [6.07, 6.45) is -12.5. The predicted octanol–water partition coefficient (Wildman–Crippen LogP) is 14.5. The van der Waals surface area contributed by atoms with Crippen molar-refractivity contribution in [2.75, 3.05) is 32.7 Å². The summed E-state index contributed by atoms with van der Waals surface area (Å²) in [4.78, 5) is 33.9. The minimum Gasteiger partial charge on any atom is -0.352 e. The number of nitrogens with one attached hydrogen (secondary N) is 2. The third kappa shape index (κ3) is 14.8. The first kappa shape index (κ1) is 59.7. The Morgan fingerprint density at radius 1 is 0.551 bits per heavy atom. The number of alkyl halides is 12. The molecule has 78 heavy (non-hydrogen) atoms. The van der Waals surface area contributed by atoms with Gasteiger partial charge in [0, 0.05) is 36.6 Å². The van der Waals surface area contributed by atoms with E-state index < -0.39 is 76.8 Å². The van der Waals surface area contributed by atoms with Crippen molar-refractivity contribution >= 4 is 11.8 Å². The van der Waals surface area contributed by atoms with Crippen LogP contribution in [0, 0.1) is 22.5 Å². The number of likely N-dealkylation sites (tertiary alicyclic amines) is 2. The lowest BCUT2D eigenvalue weighted by Crippen LogP contribution is -2.44. The molecular weight excluding hydrogens is 1060 g/mol. The molecule has 0 bridgehead atoms. The van der Waals surface area contributed by atoms with Crippen LogP contribution >= 0.6 is 0 Å². The zero-order valence-corrected chi connectivity index (χ0v) is 42.5. The molecule has 4 aromatic carbocycles. The highest BCUT2D eigenvalue weighted by molar-refractivity contribution is 5.84. The summed E-state index contributed by atoms with van der Waals surface area (Å²) < 4.78 is 185. The van der Waals surface area contributed by atoms with Gasteiger partial charge in [0.15, 0.2) is 0 Å². The average Bonchev–Trinajstić information content (AvgIpc) is 4.09. The second-order valence-corrected chi connectivity index (χ2v) is 21.0. The van der Waals surface area contributed by atoms with Crippen LogP contribution in [0.3, 0.4) is 0 Å². The Bertz CT molecular complexity index is 2680. The van der Waals surface area contributed by atoms with E-state index in [1.165, 1.54) is 24.3 Å². The van der Waals surface area contributed by atoms with Crippen LogP contribution < -0.4 is 10.6 Å². The molecular formula is C55H59F14N7O2. The van der Waals surface area contributed by atoms with E-state index in [0.717, 1.165) is 69.4 Å². The summed E-state index contributed by atoms with van der Waals surface area (Å²) in [5.41, 5.74) is 2.93. The molecule has 2 aliphatic carbocycles. The average molecular weight is 1120 g/mol. The molecule has 4 aliphatic rings. The molecule has 2 heterocycles. The van der Waals surface area contributed by atoms with E-state index in [1.807, 2.05) is 19.1 Å². The van der Waals surface area contributed by atoms with Gasteiger partial charge >= 0.3 is 24.7 Å². The number of halogens is 14. The highest BCUT2D eigenvalue weighted by atomic mass is 19.4. The van der Waals surface area contributed by atoms with Gasteiger partial charge in [0.2, 0.25) is 11.8 Å². The third-order valence-corrected chi connectivity index (χ3v) is 16.2. The number of hydrogen-bond donors (Lipinski definition) is 2. The lowest BCUT2D eigenvalue weighted by molar-refractivity contribution is -0.144. The van der Waals surface area contributed by atoms with Crippen molar-refractivity contribution in [2.24, 2.45) is 15.9 Å². The molecule has 2 amide bonds. The predicted molar refractivity (Wildman–Crippen MR) is 261 cm³/mol. The number of azide groups is 1. The molecule has 4 fully saturated rings.